The molecular weight excluding hydrogens is 360 g/mol. The fraction of sp³-hybridized carbons (Fsp3) is 0.727. The van der Waals surface area contributed by atoms with E-state index in [1.54, 1.807) is 13.0 Å². The Morgan fingerprint density at radius 1 is 1.29 bits per heavy atom. The molecule has 4 unspecified atom stereocenters. The fourth-order valence-electron chi connectivity index (χ4n) is 6.85. The van der Waals surface area contributed by atoms with Crippen molar-refractivity contribution in [2.24, 2.45) is 29.1 Å². The predicted molar refractivity (Wildman–Crippen MR) is 101 cm³/mol. The first-order valence-electron chi connectivity index (χ1n) is 10.0. The zero-order chi connectivity index (χ0) is 20.9. The van der Waals surface area contributed by atoms with Gasteiger partial charge in [-0.05, 0) is 30.4 Å². The monoisotopic (exact) mass is 390 g/mol. The number of carbonyl (C=O) groups excluding carboxylic acids is 2. The van der Waals surface area contributed by atoms with Crippen LogP contribution in [-0.2, 0) is 14.3 Å². The van der Waals surface area contributed by atoms with Crippen molar-refractivity contribution in [2.45, 2.75) is 64.3 Å². The Bertz CT molecular complexity index is 825. The Hall–Kier alpha value is -1.50. The van der Waals surface area contributed by atoms with Gasteiger partial charge >= 0.3 is 5.97 Å². The summed E-state index contributed by atoms with van der Waals surface area (Å²) in [5.41, 5.74) is -3.19. The summed E-state index contributed by atoms with van der Waals surface area (Å²) < 4.78 is 5.83. The third kappa shape index (κ3) is 2.09. The Labute approximate surface area is 165 Å². The maximum Gasteiger partial charge on any atom is 0.303 e. The van der Waals surface area contributed by atoms with Gasteiger partial charge in [0.1, 0.15) is 11.2 Å². The molecule has 4 aliphatic carbocycles. The number of rotatable bonds is 2. The van der Waals surface area contributed by atoms with Crippen molar-refractivity contribution in [3.8, 4) is 0 Å². The van der Waals surface area contributed by atoms with Crippen LogP contribution < -0.4 is 0 Å². The van der Waals surface area contributed by atoms with Gasteiger partial charge in [0.15, 0.2) is 5.78 Å². The molecule has 3 N–H and O–H groups in total. The molecule has 6 nitrogen and oxygen atoms in total. The number of fused-ring (bicyclic) bond motifs is 5. The lowest BCUT2D eigenvalue weighted by atomic mass is 9.60. The molecule has 0 saturated heterocycles. The number of hydrogen-bond donors (Lipinski definition) is 3. The van der Waals surface area contributed by atoms with Gasteiger partial charge in [0.2, 0.25) is 0 Å². The van der Waals surface area contributed by atoms with Crippen molar-refractivity contribution >= 4 is 11.8 Å². The van der Waals surface area contributed by atoms with Crippen LogP contribution in [0.1, 0.15) is 47.5 Å². The van der Waals surface area contributed by atoms with E-state index in [0.29, 0.717) is 17.6 Å². The van der Waals surface area contributed by atoms with Crippen LogP contribution in [0.3, 0.4) is 0 Å². The van der Waals surface area contributed by atoms with Crippen LogP contribution in [0.2, 0.25) is 0 Å². The van der Waals surface area contributed by atoms with Gasteiger partial charge in [-0.25, -0.2) is 0 Å². The summed E-state index contributed by atoms with van der Waals surface area (Å²) in [6.45, 7) is 8.72. The first-order valence-corrected chi connectivity index (χ1v) is 10.0. The minimum Gasteiger partial charge on any atom is -0.458 e. The molecule has 0 aromatic carbocycles. The van der Waals surface area contributed by atoms with Crippen LogP contribution in [0.4, 0.5) is 0 Å². The van der Waals surface area contributed by atoms with E-state index in [1.807, 2.05) is 26.8 Å². The van der Waals surface area contributed by atoms with Crippen molar-refractivity contribution in [2.75, 3.05) is 6.61 Å². The zero-order valence-corrected chi connectivity index (χ0v) is 17.2. The van der Waals surface area contributed by atoms with Crippen LogP contribution >= 0.6 is 0 Å². The highest BCUT2D eigenvalue weighted by Gasteiger charge is 2.83. The van der Waals surface area contributed by atoms with Crippen molar-refractivity contribution in [3.05, 3.63) is 23.3 Å². The molecule has 0 bridgehead atoms. The number of aliphatic hydroxyl groups excluding tert-OH is 1. The second-order valence-corrected chi connectivity index (χ2v) is 9.94. The van der Waals surface area contributed by atoms with Gasteiger partial charge in [-0.3, -0.25) is 9.59 Å². The highest BCUT2D eigenvalue weighted by atomic mass is 16.6. The summed E-state index contributed by atoms with van der Waals surface area (Å²) in [5.74, 6) is -2.42. The van der Waals surface area contributed by atoms with Gasteiger partial charge in [-0.1, -0.05) is 32.9 Å². The maximum absolute atomic E-state index is 12.8. The van der Waals surface area contributed by atoms with Crippen LogP contribution in [0.5, 0.6) is 0 Å². The summed E-state index contributed by atoms with van der Waals surface area (Å²) in [5, 5.41) is 33.4. The summed E-state index contributed by atoms with van der Waals surface area (Å²) in [6, 6.07) is 0. The smallest absolute Gasteiger partial charge is 0.303 e. The average molecular weight is 390 g/mol. The Balaban J connectivity index is 1.90. The maximum atomic E-state index is 12.8. The lowest BCUT2D eigenvalue weighted by Crippen LogP contribution is -2.61. The third-order valence-corrected chi connectivity index (χ3v) is 8.20. The van der Waals surface area contributed by atoms with Gasteiger partial charge in [0.25, 0.3) is 0 Å². The molecule has 7 atom stereocenters. The van der Waals surface area contributed by atoms with E-state index in [-0.39, 0.29) is 42.0 Å². The molecule has 0 radical (unpaired) electrons. The van der Waals surface area contributed by atoms with Gasteiger partial charge in [0.05, 0.1) is 12.2 Å². The lowest BCUT2D eigenvalue weighted by Gasteiger charge is -2.50. The summed E-state index contributed by atoms with van der Waals surface area (Å²) in [4.78, 5) is 24.7. The van der Waals surface area contributed by atoms with E-state index >= 15 is 0 Å². The molecule has 6 heteroatoms. The minimum atomic E-state index is -1.75. The molecule has 0 aromatic heterocycles. The Kier molecular flexibility index (Phi) is 3.93. The molecule has 0 aliphatic heterocycles. The number of ketones is 1. The number of hydrogen-bond acceptors (Lipinski definition) is 6. The summed E-state index contributed by atoms with van der Waals surface area (Å²) >= 11 is 0. The first kappa shape index (κ1) is 19.8. The van der Waals surface area contributed by atoms with Crippen LogP contribution in [0.25, 0.3) is 0 Å². The van der Waals surface area contributed by atoms with Crippen molar-refractivity contribution in [3.63, 3.8) is 0 Å². The molecule has 28 heavy (non-hydrogen) atoms. The van der Waals surface area contributed by atoms with Crippen molar-refractivity contribution < 1.29 is 29.6 Å². The van der Waals surface area contributed by atoms with E-state index in [0.717, 1.165) is 0 Å². The van der Waals surface area contributed by atoms with Gasteiger partial charge in [-0.2, -0.15) is 0 Å². The molecule has 0 spiro atoms. The van der Waals surface area contributed by atoms with E-state index in [9.17, 15) is 24.9 Å². The largest absolute Gasteiger partial charge is 0.458 e. The second-order valence-electron chi connectivity index (χ2n) is 9.94. The highest BCUT2D eigenvalue weighted by Crippen LogP contribution is 2.76. The van der Waals surface area contributed by atoms with E-state index in [2.05, 4.69) is 0 Å². The van der Waals surface area contributed by atoms with Crippen molar-refractivity contribution in [1.29, 1.82) is 0 Å². The highest BCUT2D eigenvalue weighted by molar-refractivity contribution is 6.04. The summed E-state index contributed by atoms with van der Waals surface area (Å²) in [7, 11) is 0. The number of esters is 1. The molecule has 0 heterocycles. The molecule has 2 saturated carbocycles. The van der Waals surface area contributed by atoms with Gasteiger partial charge in [-0.15, -0.1) is 0 Å². The second kappa shape index (κ2) is 5.55. The normalized spacial score (nSPS) is 48.5. The predicted octanol–water partition coefficient (Wildman–Crippen LogP) is 1.53. The van der Waals surface area contributed by atoms with E-state index < -0.39 is 28.6 Å². The van der Waals surface area contributed by atoms with Crippen LogP contribution in [-0.4, -0.2) is 50.5 Å². The lowest BCUT2D eigenvalue weighted by molar-refractivity contribution is -0.186. The Morgan fingerprint density at radius 2 is 1.93 bits per heavy atom. The topological polar surface area (TPSA) is 104 Å². The quantitative estimate of drug-likeness (QED) is 0.488. The first-order chi connectivity index (χ1) is 12.9. The molecule has 2 fully saturated rings. The fourth-order valence-corrected chi connectivity index (χ4v) is 6.85. The van der Waals surface area contributed by atoms with Crippen molar-refractivity contribution in [1.82, 2.24) is 0 Å². The number of ether oxygens (including phenoxy) is 1. The zero-order valence-electron chi connectivity index (χ0n) is 17.2. The standard InChI is InChI=1S/C22H30O6/c1-11-6-16-20(26,18(11)25)9-14(10-23)7-15-17-19(4,5)21(17,28-13(3)24)8-12(2)22(15,16)27/h6-7,12,15-17,23,26-27H,8-10H2,1-5H3/t12?,15?,16?,17?,20-,21+,22-/m1/s1. The van der Waals surface area contributed by atoms with Gasteiger partial charge in [0, 0.05) is 36.5 Å². The van der Waals surface area contributed by atoms with E-state index in [4.69, 9.17) is 4.74 Å². The molecule has 4 aliphatic rings. The van der Waals surface area contributed by atoms with Crippen LogP contribution in [0.15, 0.2) is 23.3 Å². The Morgan fingerprint density at radius 3 is 2.50 bits per heavy atom. The molecule has 154 valence electrons. The molecular formula is C22H30O6. The van der Waals surface area contributed by atoms with E-state index in [1.165, 1.54) is 6.92 Å². The third-order valence-electron chi connectivity index (χ3n) is 8.20. The molecule has 0 aromatic rings. The molecule has 0 amide bonds. The molecule has 4 rings (SSSR count). The number of aliphatic hydroxyl groups is 3. The number of carbonyl (C=O) groups is 2. The minimum absolute atomic E-state index is 0.0000834. The SMILES string of the molecule is CC(=O)O[C@@]12CC(C)[C@@]3(O)C(C=C(CO)C[C@]4(O)C(=O)C(C)=CC34)C1C2(C)C. The average Bonchev–Trinajstić information content (AvgIpc) is 2.99. The van der Waals surface area contributed by atoms with Gasteiger partial charge < -0.3 is 20.1 Å². The summed E-state index contributed by atoms with van der Waals surface area (Å²) in [6.07, 6.45) is 4.00. The van der Waals surface area contributed by atoms with Crippen LogP contribution in [0, 0.1) is 29.1 Å². The number of Topliss-reactive ketones (excluding diaryl/α,β-unsaturated/α-hetero) is 1.